The highest BCUT2D eigenvalue weighted by atomic mass is 16.3. The van der Waals surface area contributed by atoms with Gasteiger partial charge in [-0.1, -0.05) is 13.8 Å². The lowest BCUT2D eigenvalue weighted by Crippen LogP contribution is -2.70. The Morgan fingerprint density at radius 2 is 2.09 bits per heavy atom. The monoisotopic (exact) mass is 158 g/mol. The highest BCUT2D eigenvalue weighted by Crippen LogP contribution is 2.25. The second kappa shape index (κ2) is 3.09. The number of aliphatic hydroxyl groups excluding tert-OH is 1. The van der Waals surface area contributed by atoms with Crippen LogP contribution in [0.25, 0.3) is 0 Å². The zero-order chi connectivity index (χ0) is 8.48. The number of hydrogen-bond acceptors (Lipinski definition) is 3. The van der Waals surface area contributed by atoms with Crippen LogP contribution < -0.4 is 5.73 Å². The van der Waals surface area contributed by atoms with Gasteiger partial charge in [-0.05, 0) is 5.92 Å². The Morgan fingerprint density at radius 3 is 2.45 bits per heavy atom. The van der Waals surface area contributed by atoms with Gasteiger partial charge in [-0.2, -0.15) is 0 Å². The first kappa shape index (κ1) is 8.97. The maximum absolute atomic E-state index is 8.63. The minimum atomic E-state index is 0.00910. The van der Waals surface area contributed by atoms with Crippen molar-refractivity contribution in [3.05, 3.63) is 0 Å². The van der Waals surface area contributed by atoms with Crippen molar-refractivity contribution >= 4 is 0 Å². The van der Waals surface area contributed by atoms with Crippen molar-refractivity contribution in [3.63, 3.8) is 0 Å². The molecule has 1 saturated heterocycles. The van der Waals surface area contributed by atoms with E-state index < -0.39 is 0 Å². The fraction of sp³-hybridized carbons (Fsp3) is 1.00. The van der Waals surface area contributed by atoms with Crippen molar-refractivity contribution in [1.29, 1.82) is 0 Å². The molecule has 0 saturated carbocycles. The molecule has 0 aliphatic carbocycles. The molecule has 0 amide bonds. The molecule has 0 aromatic carbocycles. The molecule has 0 atom stereocenters. The molecule has 1 aliphatic rings. The zero-order valence-electron chi connectivity index (χ0n) is 7.38. The number of β-amino-alcohol motifs (C(OH)–C–C–N with tert-alkyl or cyclic N) is 1. The van der Waals surface area contributed by atoms with Gasteiger partial charge >= 0.3 is 0 Å². The molecule has 3 N–H and O–H groups in total. The maximum atomic E-state index is 8.63. The third kappa shape index (κ3) is 1.72. The topological polar surface area (TPSA) is 49.5 Å². The average Bonchev–Trinajstić information content (AvgIpc) is 1.84. The predicted octanol–water partition coefficient (Wildman–Crippen LogP) is -0.352. The summed E-state index contributed by atoms with van der Waals surface area (Å²) in [6.07, 6.45) is 0. The van der Waals surface area contributed by atoms with E-state index in [1.807, 2.05) is 0 Å². The Balaban J connectivity index is 2.26. The van der Waals surface area contributed by atoms with Crippen molar-refractivity contribution in [2.24, 2.45) is 11.7 Å². The van der Waals surface area contributed by atoms with Crippen LogP contribution >= 0.6 is 0 Å². The second-order valence-corrected chi connectivity index (χ2v) is 3.82. The Kier molecular flexibility index (Phi) is 2.52. The summed E-state index contributed by atoms with van der Waals surface area (Å²) in [6.45, 7) is 7.18. The molecule has 11 heavy (non-hydrogen) atoms. The first-order valence-electron chi connectivity index (χ1n) is 4.20. The molecule has 3 nitrogen and oxygen atoms in total. The van der Waals surface area contributed by atoms with Crippen molar-refractivity contribution in [2.45, 2.75) is 19.4 Å². The van der Waals surface area contributed by atoms with Crippen LogP contribution in [0.2, 0.25) is 0 Å². The van der Waals surface area contributed by atoms with Gasteiger partial charge in [0.2, 0.25) is 0 Å². The van der Waals surface area contributed by atoms with Gasteiger partial charge in [0.25, 0.3) is 0 Å². The number of likely N-dealkylation sites (tertiary alicyclic amines) is 1. The molecule has 1 aliphatic heterocycles. The van der Waals surface area contributed by atoms with E-state index in [1.54, 1.807) is 0 Å². The summed E-state index contributed by atoms with van der Waals surface area (Å²) in [6, 6.07) is 0. The first-order valence-corrected chi connectivity index (χ1v) is 4.20. The van der Waals surface area contributed by atoms with Crippen LogP contribution in [0.4, 0.5) is 0 Å². The van der Waals surface area contributed by atoms with Crippen molar-refractivity contribution in [1.82, 2.24) is 4.90 Å². The van der Waals surface area contributed by atoms with Crippen LogP contribution in [-0.2, 0) is 0 Å². The van der Waals surface area contributed by atoms with E-state index in [1.165, 1.54) is 0 Å². The maximum Gasteiger partial charge on any atom is 0.0558 e. The normalized spacial score (nSPS) is 23.7. The average molecular weight is 158 g/mol. The quantitative estimate of drug-likeness (QED) is 0.590. The van der Waals surface area contributed by atoms with Crippen LogP contribution in [0.5, 0.6) is 0 Å². The second-order valence-electron chi connectivity index (χ2n) is 3.82. The molecule has 1 rings (SSSR count). The van der Waals surface area contributed by atoms with E-state index in [0.717, 1.165) is 19.6 Å². The Hall–Kier alpha value is -0.120. The molecule has 0 aromatic rings. The van der Waals surface area contributed by atoms with E-state index in [9.17, 15) is 0 Å². The minimum absolute atomic E-state index is 0.00910. The molecular formula is C8H18N2O. The van der Waals surface area contributed by atoms with E-state index in [2.05, 4.69) is 18.7 Å². The van der Waals surface area contributed by atoms with Gasteiger partial charge in [-0.25, -0.2) is 0 Å². The van der Waals surface area contributed by atoms with E-state index in [0.29, 0.717) is 5.92 Å². The first-order chi connectivity index (χ1) is 5.08. The highest BCUT2D eigenvalue weighted by Gasteiger charge is 2.41. The standard InChI is InChI=1S/C8H18N2O/c1-7(2)8(9)5-10(6-8)3-4-11/h7,11H,3-6,9H2,1-2H3. The predicted molar refractivity (Wildman–Crippen MR) is 45.3 cm³/mol. The fourth-order valence-corrected chi connectivity index (χ4v) is 1.45. The van der Waals surface area contributed by atoms with E-state index >= 15 is 0 Å². The van der Waals surface area contributed by atoms with Gasteiger partial charge in [0.1, 0.15) is 0 Å². The summed E-state index contributed by atoms with van der Waals surface area (Å²) in [4.78, 5) is 2.18. The van der Waals surface area contributed by atoms with Gasteiger partial charge in [0.05, 0.1) is 6.61 Å². The molecule has 1 fully saturated rings. The van der Waals surface area contributed by atoms with Crippen molar-refractivity contribution < 1.29 is 5.11 Å². The van der Waals surface area contributed by atoms with Gasteiger partial charge in [-0.3, -0.25) is 4.90 Å². The summed E-state index contributed by atoms with van der Waals surface area (Å²) in [7, 11) is 0. The van der Waals surface area contributed by atoms with Crippen molar-refractivity contribution in [2.75, 3.05) is 26.2 Å². The summed E-state index contributed by atoms with van der Waals surface area (Å²) in [5, 5.41) is 8.63. The molecule has 0 aromatic heterocycles. The highest BCUT2D eigenvalue weighted by molar-refractivity contribution is 5.01. The largest absolute Gasteiger partial charge is 0.395 e. The lowest BCUT2D eigenvalue weighted by Gasteiger charge is -2.50. The molecule has 0 spiro atoms. The van der Waals surface area contributed by atoms with Gasteiger partial charge in [0, 0.05) is 25.2 Å². The number of nitrogens with two attached hydrogens (primary N) is 1. The molecule has 0 radical (unpaired) electrons. The lowest BCUT2D eigenvalue weighted by atomic mass is 9.80. The molecule has 66 valence electrons. The summed E-state index contributed by atoms with van der Waals surface area (Å²) in [5.74, 6) is 0.539. The smallest absolute Gasteiger partial charge is 0.0558 e. The summed E-state index contributed by atoms with van der Waals surface area (Å²) in [5.41, 5.74) is 6.05. The molecule has 0 bridgehead atoms. The van der Waals surface area contributed by atoms with Crippen LogP contribution in [0, 0.1) is 5.92 Å². The van der Waals surface area contributed by atoms with Crippen LogP contribution in [0.1, 0.15) is 13.8 Å². The van der Waals surface area contributed by atoms with Crippen LogP contribution in [0.15, 0.2) is 0 Å². The number of nitrogens with zero attached hydrogens (tertiary/aromatic N) is 1. The third-order valence-electron chi connectivity index (χ3n) is 2.60. The van der Waals surface area contributed by atoms with Crippen LogP contribution in [0.3, 0.4) is 0 Å². The Labute approximate surface area is 68.2 Å². The Morgan fingerprint density at radius 1 is 1.55 bits per heavy atom. The van der Waals surface area contributed by atoms with E-state index in [4.69, 9.17) is 10.8 Å². The molecule has 1 heterocycles. The Bertz CT molecular complexity index is 130. The minimum Gasteiger partial charge on any atom is -0.395 e. The van der Waals surface area contributed by atoms with Gasteiger partial charge in [-0.15, -0.1) is 0 Å². The summed E-state index contributed by atoms with van der Waals surface area (Å²) >= 11 is 0. The van der Waals surface area contributed by atoms with Gasteiger partial charge in [0.15, 0.2) is 0 Å². The van der Waals surface area contributed by atoms with E-state index in [-0.39, 0.29) is 12.1 Å². The fourth-order valence-electron chi connectivity index (χ4n) is 1.45. The van der Waals surface area contributed by atoms with Crippen molar-refractivity contribution in [3.8, 4) is 0 Å². The SMILES string of the molecule is CC(C)C1(N)CN(CCO)C1. The number of rotatable bonds is 3. The molecule has 3 heteroatoms. The lowest BCUT2D eigenvalue weighted by molar-refractivity contribution is 0.0255. The zero-order valence-corrected chi connectivity index (χ0v) is 7.38. The molecular weight excluding hydrogens is 140 g/mol. The summed E-state index contributed by atoms with van der Waals surface area (Å²) < 4.78 is 0. The molecule has 0 unspecified atom stereocenters. The van der Waals surface area contributed by atoms with Crippen LogP contribution in [-0.4, -0.2) is 41.8 Å². The number of hydrogen-bond donors (Lipinski definition) is 2. The third-order valence-corrected chi connectivity index (χ3v) is 2.60. The van der Waals surface area contributed by atoms with Gasteiger partial charge < -0.3 is 10.8 Å². The number of aliphatic hydroxyl groups is 1.